The third kappa shape index (κ3) is 2.78. The number of benzene rings is 1. The molecule has 1 aliphatic carbocycles. The Balaban J connectivity index is 1.93. The molecule has 6 heteroatoms. The number of phenols is 1. The van der Waals surface area contributed by atoms with Gasteiger partial charge in [0.05, 0.1) is 3.57 Å². The van der Waals surface area contributed by atoms with E-state index < -0.39 is 5.60 Å². The first-order valence-corrected chi connectivity index (χ1v) is 8.11. The monoisotopic (exact) mass is 400 g/mol. The minimum Gasteiger partial charge on any atom is -0.507 e. The summed E-state index contributed by atoms with van der Waals surface area (Å²) in [5.74, 6) is 1.24. The van der Waals surface area contributed by atoms with E-state index in [9.17, 15) is 5.11 Å². The van der Waals surface area contributed by atoms with Crippen molar-refractivity contribution in [2.75, 3.05) is 7.11 Å². The number of aromatic hydroxyl groups is 1. The van der Waals surface area contributed by atoms with Crippen molar-refractivity contribution in [2.24, 2.45) is 0 Å². The van der Waals surface area contributed by atoms with Crippen LogP contribution in [-0.4, -0.2) is 22.4 Å². The molecule has 1 N–H and O–H groups in total. The number of hydrogen-bond donors (Lipinski definition) is 1. The van der Waals surface area contributed by atoms with E-state index in [0.717, 1.165) is 29.3 Å². The third-order valence-corrected chi connectivity index (χ3v) is 4.99. The van der Waals surface area contributed by atoms with Crippen LogP contribution in [0.2, 0.25) is 0 Å². The molecule has 0 unspecified atom stereocenters. The molecule has 112 valence electrons. The number of methoxy groups -OCH3 is 1. The van der Waals surface area contributed by atoms with Gasteiger partial charge in [0.2, 0.25) is 5.82 Å². The number of halogens is 1. The van der Waals surface area contributed by atoms with Gasteiger partial charge in [0.1, 0.15) is 11.4 Å². The van der Waals surface area contributed by atoms with Crippen LogP contribution < -0.4 is 0 Å². The van der Waals surface area contributed by atoms with Crippen LogP contribution in [0.15, 0.2) is 22.7 Å². The highest BCUT2D eigenvalue weighted by Gasteiger charge is 2.38. The zero-order valence-corrected chi connectivity index (χ0v) is 14.0. The zero-order chi connectivity index (χ0) is 14.9. The van der Waals surface area contributed by atoms with E-state index in [4.69, 9.17) is 9.26 Å². The normalized spacial score (nSPS) is 17.8. The standard InChI is InChI=1S/C15H17IN2O3/c1-20-15(7-3-2-4-8-15)14-17-13(21-18-14)10-5-6-11(16)12(19)9-10/h5-6,9,19H,2-4,7-8H2,1H3. The molecule has 5 nitrogen and oxygen atoms in total. The maximum absolute atomic E-state index is 9.79. The van der Waals surface area contributed by atoms with E-state index in [1.807, 2.05) is 12.1 Å². The molecule has 0 atom stereocenters. The van der Waals surface area contributed by atoms with Crippen LogP contribution in [-0.2, 0) is 10.3 Å². The molecule has 0 saturated heterocycles. The second-order valence-corrected chi connectivity index (χ2v) is 6.51. The Morgan fingerprint density at radius 2 is 2.05 bits per heavy atom. The Labute approximate surface area is 136 Å². The van der Waals surface area contributed by atoms with Gasteiger partial charge < -0.3 is 14.4 Å². The van der Waals surface area contributed by atoms with Gasteiger partial charge in [-0.25, -0.2) is 0 Å². The molecule has 0 bridgehead atoms. The van der Waals surface area contributed by atoms with Gasteiger partial charge in [0.15, 0.2) is 0 Å². The largest absolute Gasteiger partial charge is 0.507 e. The van der Waals surface area contributed by atoms with Gasteiger partial charge in [-0.2, -0.15) is 4.98 Å². The average molecular weight is 400 g/mol. The minimum atomic E-state index is -0.425. The lowest BCUT2D eigenvalue weighted by molar-refractivity contribution is -0.0527. The van der Waals surface area contributed by atoms with E-state index in [1.165, 1.54) is 6.42 Å². The van der Waals surface area contributed by atoms with Crippen LogP contribution in [0.4, 0.5) is 0 Å². The van der Waals surface area contributed by atoms with Crippen LogP contribution in [0.5, 0.6) is 5.75 Å². The van der Waals surface area contributed by atoms with Crippen molar-refractivity contribution in [3.63, 3.8) is 0 Å². The summed E-state index contributed by atoms with van der Waals surface area (Å²) in [6.45, 7) is 0. The first-order chi connectivity index (χ1) is 10.1. The van der Waals surface area contributed by atoms with Crippen molar-refractivity contribution in [1.82, 2.24) is 10.1 Å². The summed E-state index contributed by atoms with van der Waals surface area (Å²) in [4.78, 5) is 4.50. The van der Waals surface area contributed by atoms with Gasteiger partial charge >= 0.3 is 0 Å². The average Bonchev–Trinajstić information content (AvgIpc) is 3.01. The molecule has 1 saturated carbocycles. The molecule has 1 aromatic heterocycles. The first-order valence-electron chi connectivity index (χ1n) is 7.03. The fraction of sp³-hybridized carbons (Fsp3) is 0.467. The topological polar surface area (TPSA) is 68.4 Å². The predicted molar refractivity (Wildman–Crippen MR) is 85.9 cm³/mol. The summed E-state index contributed by atoms with van der Waals surface area (Å²) in [6.07, 6.45) is 5.28. The smallest absolute Gasteiger partial charge is 0.258 e. The summed E-state index contributed by atoms with van der Waals surface area (Å²) in [5.41, 5.74) is 0.291. The highest BCUT2D eigenvalue weighted by molar-refractivity contribution is 14.1. The molecular weight excluding hydrogens is 383 g/mol. The molecule has 21 heavy (non-hydrogen) atoms. The van der Waals surface area contributed by atoms with Crippen molar-refractivity contribution in [1.29, 1.82) is 0 Å². The molecule has 0 aliphatic heterocycles. The first kappa shape index (κ1) is 14.8. The van der Waals surface area contributed by atoms with Crippen LogP contribution in [0.1, 0.15) is 37.9 Å². The number of nitrogens with zero attached hydrogens (tertiary/aromatic N) is 2. The Morgan fingerprint density at radius 3 is 2.71 bits per heavy atom. The molecule has 0 spiro atoms. The lowest BCUT2D eigenvalue weighted by Crippen LogP contribution is -2.32. The fourth-order valence-electron chi connectivity index (χ4n) is 2.81. The highest BCUT2D eigenvalue weighted by Crippen LogP contribution is 2.39. The number of rotatable bonds is 3. The number of hydrogen-bond acceptors (Lipinski definition) is 5. The van der Waals surface area contributed by atoms with E-state index in [1.54, 1.807) is 13.2 Å². The van der Waals surface area contributed by atoms with Crippen molar-refractivity contribution >= 4 is 22.6 Å². The van der Waals surface area contributed by atoms with Gasteiger partial charge in [-0.1, -0.05) is 24.4 Å². The summed E-state index contributed by atoms with van der Waals surface area (Å²) in [7, 11) is 1.71. The predicted octanol–water partition coefficient (Wildman–Crippen LogP) is 3.85. The molecule has 1 fully saturated rings. The molecule has 1 heterocycles. The highest BCUT2D eigenvalue weighted by atomic mass is 127. The summed E-state index contributed by atoms with van der Waals surface area (Å²) < 4.78 is 11.9. The maximum atomic E-state index is 9.79. The van der Waals surface area contributed by atoms with Crippen molar-refractivity contribution < 1.29 is 14.4 Å². The molecule has 2 aromatic rings. The van der Waals surface area contributed by atoms with Crippen molar-refractivity contribution in [3.05, 3.63) is 27.6 Å². The molecule has 1 aromatic carbocycles. The van der Waals surface area contributed by atoms with Gasteiger partial charge in [0, 0.05) is 12.7 Å². The van der Waals surface area contributed by atoms with Crippen molar-refractivity contribution in [2.45, 2.75) is 37.7 Å². The summed E-state index contributed by atoms with van der Waals surface area (Å²) >= 11 is 2.07. The SMILES string of the molecule is COC1(c2noc(-c3ccc(I)c(O)c3)n2)CCCCC1. The van der Waals surface area contributed by atoms with Crippen LogP contribution in [0.3, 0.4) is 0 Å². The quantitative estimate of drug-likeness (QED) is 0.793. The lowest BCUT2D eigenvalue weighted by atomic mass is 9.84. The molecule has 0 amide bonds. The van der Waals surface area contributed by atoms with Crippen LogP contribution >= 0.6 is 22.6 Å². The van der Waals surface area contributed by atoms with Crippen LogP contribution in [0, 0.1) is 3.57 Å². The van der Waals surface area contributed by atoms with Gasteiger partial charge in [-0.15, -0.1) is 0 Å². The second-order valence-electron chi connectivity index (χ2n) is 5.35. The van der Waals surface area contributed by atoms with Crippen molar-refractivity contribution in [3.8, 4) is 17.2 Å². The number of phenolic OH excluding ortho intramolecular Hbond substituents is 1. The lowest BCUT2D eigenvalue weighted by Gasteiger charge is -2.32. The molecular formula is C15H17IN2O3. The minimum absolute atomic E-state index is 0.215. The van der Waals surface area contributed by atoms with E-state index in [2.05, 4.69) is 32.7 Å². The fourth-order valence-corrected chi connectivity index (χ4v) is 3.15. The second kappa shape index (κ2) is 5.92. The van der Waals surface area contributed by atoms with Gasteiger partial charge in [-0.05, 0) is 53.6 Å². The molecule has 0 radical (unpaired) electrons. The number of aromatic nitrogens is 2. The summed E-state index contributed by atoms with van der Waals surface area (Å²) in [5, 5.41) is 13.9. The molecule has 3 rings (SSSR count). The summed E-state index contributed by atoms with van der Waals surface area (Å²) in [6, 6.07) is 5.32. The van der Waals surface area contributed by atoms with Gasteiger partial charge in [-0.3, -0.25) is 0 Å². The van der Waals surface area contributed by atoms with E-state index in [-0.39, 0.29) is 5.75 Å². The molecule has 1 aliphatic rings. The Morgan fingerprint density at radius 1 is 1.29 bits per heavy atom. The van der Waals surface area contributed by atoms with Gasteiger partial charge in [0.25, 0.3) is 5.89 Å². The third-order valence-electron chi connectivity index (χ3n) is 4.08. The van der Waals surface area contributed by atoms with E-state index >= 15 is 0 Å². The Kier molecular flexibility index (Phi) is 4.17. The van der Waals surface area contributed by atoms with E-state index in [0.29, 0.717) is 17.3 Å². The maximum Gasteiger partial charge on any atom is 0.258 e. The van der Waals surface area contributed by atoms with Crippen LogP contribution in [0.25, 0.3) is 11.5 Å². The zero-order valence-electron chi connectivity index (χ0n) is 11.8. The Hall–Kier alpha value is -1.15. The Bertz CT molecular complexity index is 636. The number of ether oxygens (including phenoxy) is 1.